The van der Waals surface area contributed by atoms with Crippen LogP contribution >= 0.6 is 0 Å². The predicted octanol–water partition coefficient (Wildman–Crippen LogP) is 3.36. The second-order valence-electron chi connectivity index (χ2n) is 5.17. The number of methoxy groups -OCH3 is 2. The normalized spacial score (nSPS) is 9.48. The molecule has 0 spiro atoms. The highest BCUT2D eigenvalue weighted by Crippen LogP contribution is 2.29. The standard InChI is InChI=1S/C10H12N2O5.C7H8N2O3/c1-3-17-10(13)11-8-5-4-7(12(14)15)6-9(8)16-2;1-12-7-4-5(9(10)11)2-3-6(7)8/h4-6H,3H2,1-2H3,(H,11,13);2-4H,8H2,1H3. The number of hydrogen-bond acceptors (Lipinski definition) is 9. The molecule has 0 aliphatic rings. The molecule has 156 valence electrons. The predicted molar refractivity (Wildman–Crippen MR) is 104 cm³/mol. The highest BCUT2D eigenvalue weighted by molar-refractivity contribution is 5.87. The molecule has 0 aromatic heterocycles. The number of carbonyl (C=O) groups excluding carboxylic acids is 1. The third-order valence-corrected chi connectivity index (χ3v) is 3.34. The first kappa shape index (κ1) is 23.0. The van der Waals surface area contributed by atoms with Crippen LogP contribution in [0.5, 0.6) is 11.5 Å². The van der Waals surface area contributed by atoms with Crippen molar-refractivity contribution in [1.29, 1.82) is 0 Å². The molecule has 0 atom stereocenters. The Labute approximate surface area is 165 Å². The summed E-state index contributed by atoms with van der Waals surface area (Å²) in [6.45, 7) is 1.91. The van der Waals surface area contributed by atoms with Crippen LogP contribution in [0.1, 0.15) is 6.92 Å². The fourth-order valence-electron chi connectivity index (χ4n) is 1.99. The molecular formula is C17H20N4O8. The molecular weight excluding hydrogens is 388 g/mol. The smallest absolute Gasteiger partial charge is 0.411 e. The van der Waals surface area contributed by atoms with Gasteiger partial charge in [-0.25, -0.2) is 4.79 Å². The van der Waals surface area contributed by atoms with Crippen molar-refractivity contribution in [3.05, 3.63) is 56.6 Å². The van der Waals surface area contributed by atoms with E-state index in [-0.39, 0.29) is 23.7 Å². The molecule has 2 aromatic rings. The first-order chi connectivity index (χ1) is 13.7. The minimum absolute atomic E-state index is 0.0268. The Balaban J connectivity index is 0.000000308. The molecule has 0 saturated carbocycles. The van der Waals surface area contributed by atoms with Crippen molar-refractivity contribution >= 4 is 28.8 Å². The number of nitrogens with zero attached hydrogens (tertiary/aromatic N) is 2. The van der Waals surface area contributed by atoms with E-state index in [0.29, 0.717) is 17.1 Å². The fourth-order valence-corrected chi connectivity index (χ4v) is 1.99. The van der Waals surface area contributed by atoms with Crippen LogP contribution < -0.4 is 20.5 Å². The summed E-state index contributed by atoms with van der Waals surface area (Å²) in [7, 11) is 2.77. The Kier molecular flexibility index (Phi) is 8.64. The van der Waals surface area contributed by atoms with Gasteiger partial charge in [0.05, 0.1) is 54.2 Å². The lowest BCUT2D eigenvalue weighted by molar-refractivity contribution is -0.385. The Morgan fingerprint density at radius 3 is 2.00 bits per heavy atom. The third-order valence-electron chi connectivity index (χ3n) is 3.34. The molecule has 0 unspecified atom stereocenters. The summed E-state index contributed by atoms with van der Waals surface area (Å²) in [5.41, 5.74) is 6.02. The van der Waals surface area contributed by atoms with Crippen LogP contribution in [0.2, 0.25) is 0 Å². The van der Waals surface area contributed by atoms with Gasteiger partial charge in [-0.2, -0.15) is 0 Å². The molecule has 12 heteroatoms. The summed E-state index contributed by atoms with van der Waals surface area (Å²) in [6.07, 6.45) is -0.639. The van der Waals surface area contributed by atoms with Gasteiger partial charge >= 0.3 is 6.09 Å². The largest absolute Gasteiger partial charge is 0.494 e. The van der Waals surface area contributed by atoms with Crippen LogP contribution in [0.15, 0.2) is 36.4 Å². The van der Waals surface area contributed by atoms with Crippen LogP contribution in [0, 0.1) is 20.2 Å². The van der Waals surface area contributed by atoms with Crippen molar-refractivity contribution in [2.75, 3.05) is 31.9 Å². The maximum absolute atomic E-state index is 11.2. The van der Waals surface area contributed by atoms with Crippen molar-refractivity contribution in [2.45, 2.75) is 6.92 Å². The van der Waals surface area contributed by atoms with Gasteiger partial charge in [-0.3, -0.25) is 25.5 Å². The van der Waals surface area contributed by atoms with Crippen molar-refractivity contribution in [3.8, 4) is 11.5 Å². The van der Waals surface area contributed by atoms with E-state index in [0.717, 1.165) is 0 Å². The van der Waals surface area contributed by atoms with Gasteiger partial charge in [-0.1, -0.05) is 0 Å². The quantitative estimate of drug-likeness (QED) is 0.413. The van der Waals surface area contributed by atoms with Crippen LogP contribution in [0.4, 0.5) is 27.5 Å². The highest BCUT2D eigenvalue weighted by Gasteiger charge is 2.13. The van der Waals surface area contributed by atoms with Gasteiger partial charge in [0, 0.05) is 12.1 Å². The Hall–Kier alpha value is -4.09. The molecule has 0 bridgehead atoms. The summed E-state index contributed by atoms with van der Waals surface area (Å²) in [5.74, 6) is 0.524. The van der Waals surface area contributed by atoms with E-state index in [1.165, 1.54) is 50.6 Å². The van der Waals surface area contributed by atoms with E-state index in [9.17, 15) is 25.0 Å². The number of nitrogen functional groups attached to an aromatic ring is 1. The molecule has 1 amide bonds. The molecule has 0 saturated heterocycles. The topological polar surface area (TPSA) is 169 Å². The highest BCUT2D eigenvalue weighted by atomic mass is 16.6. The van der Waals surface area contributed by atoms with Gasteiger partial charge < -0.3 is 19.9 Å². The van der Waals surface area contributed by atoms with Gasteiger partial charge in [0.1, 0.15) is 11.5 Å². The first-order valence-electron chi connectivity index (χ1n) is 8.07. The van der Waals surface area contributed by atoms with Gasteiger partial charge in [-0.15, -0.1) is 0 Å². The van der Waals surface area contributed by atoms with Crippen molar-refractivity contribution in [3.63, 3.8) is 0 Å². The number of nitrogens with one attached hydrogen (secondary N) is 1. The number of nitro benzene ring substituents is 2. The second-order valence-corrected chi connectivity index (χ2v) is 5.17. The van der Waals surface area contributed by atoms with E-state index in [2.05, 4.69) is 10.1 Å². The van der Waals surface area contributed by atoms with Crippen molar-refractivity contribution < 1.29 is 28.9 Å². The number of anilines is 2. The lowest BCUT2D eigenvalue weighted by Crippen LogP contribution is -2.14. The van der Waals surface area contributed by atoms with Crippen molar-refractivity contribution in [1.82, 2.24) is 0 Å². The molecule has 12 nitrogen and oxygen atoms in total. The van der Waals surface area contributed by atoms with E-state index < -0.39 is 15.9 Å². The zero-order valence-corrected chi connectivity index (χ0v) is 15.9. The van der Waals surface area contributed by atoms with Gasteiger partial charge in [-0.05, 0) is 19.1 Å². The number of rotatable bonds is 6. The summed E-state index contributed by atoms with van der Waals surface area (Å²) < 4.78 is 14.4. The minimum atomic E-state index is -0.639. The van der Waals surface area contributed by atoms with Gasteiger partial charge in [0.2, 0.25) is 0 Å². The maximum atomic E-state index is 11.2. The van der Waals surface area contributed by atoms with Crippen LogP contribution in [-0.4, -0.2) is 36.8 Å². The van der Waals surface area contributed by atoms with E-state index >= 15 is 0 Å². The molecule has 29 heavy (non-hydrogen) atoms. The average Bonchev–Trinajstić information content (AvgIpc) is 2.69. The number of benzene rings is 2. The zero-order valence-electron chi connectivity index (χ0n) is 15.9. The molecule has 0 aliphatic carbocycles. The third kappa shape index (κ3) is 6.86. The number of carbonyl (C=O) groups is 1. The number of nitrogens with two attached hydrogens (primary N) is 1. The molecule has 2 rings (SSSR count). The summed E-state index contributed by atoms with van der Waals surface area (Å²) in [5, 5.41) is 23.3. The Morgan fingerprint density at radius 2 is 1.52 bits per heavy atom. The SMILES string of the molecule is CCOC(=O)Nc1ccc([N+](=O)[O-])cc1OC.COc1cc([N+](=O)[O-])ccc1N. The maximum Gasteiger partial charge on any atom is 0.411 e. The number of hydrogen-bond donors (Lipinski definition) is 2. The number of ether oxygens (including phenoxy) is 3. The van der Waals surface area contributed by atoms with E-state index in [4.69, 9.17) is 15.2 Å². The Bertz CT molecular complexity index is 888. The summed E-state index contributed by atoms with van der Waals surface area (Å²) in [4.78, 5) is 31.0. The van der Waals surface area contributed by atoms with Crippen molar-refractivity contribution in [2.24, 2.45) is 0 Å². The number of amides is 1. The van der Waals surface area contributed by atoms with Crippen LogP contribution in [-0.2, 0) is 4.74 Å². The monoisotopic (exact) mass is 408 g/mol. The fraction of sp³-hybridized carbons (Fsp3) is 0.235. The number of nitro groups is 2. The van der Waals surface area contributed by atoms with Gasteiger partial charge in [0.25, 0.3) is 11.4 Å². The first-order valence-corrected chi connectivity index (χ1v) is 8.07. The van der Waals surface area contributed by atoms with Crippen LogP contribution in [0.3, 0.4) is 0 Å². The molecule has 0 heterocycles. The van der Waals surface area contributed by atoms with E-state index in [1.807, 2.05) is 0 Å². The number of non-ortho nitro benzene ring substituents is 2. The summed E-state index contributed by atoms with van der Waals surface area (Å²) in [6, 6.07) is 7.93. The molecule has 0 aliphatic heterocycles. The van der Waals surface area contributed by atoms with Gasteiger partial charge in [0.15, 0.2) is 0 Å². The summed E-state index contributed by atoms with van der Waals surface area (Å²) >= 11 is 0. The molecule has 0 radical (unpaired) electrons. The second kappa shape index (κ2) is 10.9. The van der Waals surface area contributed by atoms with Crippen LogP contribution in [0.25, 0.3) is 0 Å². The lowest BCUT2D eigenvalue weighted by atomic mass is 10.2. The zero-order chi connectivity index (χ0) is 22.0. The lowest BCUT2D eigenvalue weighted by Gasteiger charge is -2.09. The molecule has 2 aromatic carbocycles. The minimum Gasteiger partial charge on any atom is -0.494 e. The Morgan fingerprint density at radius 1 is 1.00 bits per heavy atom. The molecule has 3 N–H and O–H groups in total. The average molecular weight is 408 g/mol. The van der Waals surface area contributed by atoms with E-state index in [1.54, 1.807) is 6.92 Å². The molecule has 0 fully saturated rings.